The molecular weight excluding hydrogens is 295 g/mol. The molecule has 0 bridgehead atoms. The van der Waals surface area contributed by atoms with Gasteiger partial charge in [-0.15, -0.1) is 0 Å². The number of rotatable bonds is 6. The summed E-state index contributed by atoms with van der Waals surface area (Å²) in [7, 11) is 0. The first kappa shape index (κ1) is 15.5. The Balaban J connectivity index is 1.39. The molecule has 122 valence electrons. The first-order valence-electron chi connectivity index (χ1n) is 7.95. The van der Waals surface area contributed by atoms with Gasteiger partial charge in [-0.2, -0.15) is 5.10 Å². The topological polar surface area (TPSA) is 61.0 Å². The number of nitrogens with zero attached hydrogens (tertiary/aromatic N) is 2. The molecule has 0 radical (unpaired) electrons. The molecule has 1 fully saturated rings. The maximum Gasteiger partial charge on any atom is 0.220 e. The van der Waals surface area contributed by atoms with Gasteiger partial charge in [0.2, 0.25) is 5.91 Å². The lowest BCUT2D eigenvalue weighted by Gasteiger charge is -2.18. The molecule has 2 N–H and O–H groups in total. The summed E-state index contributed by atoms with van der Waals surface area (Å²) in [5, 5.41) is 9.62. The minimum atomic E-state index is -0.214. The molecule has 1 aromatic heterocycles. The van der Waals surface area contributed by atoms with Crippen LogP contribution in [0.4, 0.5) is 10.1 Å². The van der Waals surface area contributed by atoms with E-state index in [0.717, 1.165) is 30.8 Å². The summed E-state index contributed by atoms with van der Waals surface area (Å²) < 4.78 is 13.0. The first-order chi connectivity index (χ1) is 11.2. The summed E-state index contributed by atoms with van der Waals surface area (Å²) in [5.74, 6) is 0.304. The van der Waals surface area contributed by atoms with Crippen LogP contribution in [-0.2, 0) is 11.2 Å². The minimum Gasteiger partial charge on any atom is -0.371 e. The molecule has 5 nitrogen and oxygen atoms in total. The number of H-pyrrole nitrogens is 1. The molecule has 1 aliphatic heterocycles. The molecule has 2 aromatic rings. The standard InChI is InChI=1S/C17H21FN4O/c18-15-2-4-16(5-3-15)22-8-7-14(12-22)9-19-17(23)6-1-13-10-20-21-11-13/h2-5,10-11,14H,1,6-9,12H2,(H,19,23)(H,20,21)/t14-/m0/s1. The molecular formula is C17H21FN4O. The monoisotopic (exact) mass is 316 g/mol. The van der Waals surface area contributed by atoms with Crippen molar-refractivity contribution in [2.24, 2.45) is 5.92 Å². The second-order valence-corrected chi connectivity index (χ2v) is 5.99. The lowest BCUT2D eigenvalue weighted by Crippen LogP contribution is -2.31. The largest absolute Gasteiger partial charge is 0.371 e. The number of carbonyl (C=O) groups excluding carboxylic acids is 1. The fourth-order valence-corrected chi connectivity index (χ4v) is 2.90. The molecule has 1 aliphatic rings. The van der Waals surface area contributed by atoms with Gasteiger partial charge in [-0.25, -0.2) is 4.39 Å². The summed E-state index contributed by atoms with van der Waals surface area (Å²) in [6, 6.07) is 6.59. The van der Waals surface area contributed by atoms with Crippen molar-refractivity contribution < 1.29 is 9.18 Å². The van der Waals surface area contributed by atoms with Gasteiger partial charge in [-0.05, 0) is 48.6 Å². The van der Waals surface area contributed by atoms with Crippen molar-refractivity contribution in [3.63, 3.8) is 0 Å². The number of benzene rings is 1. The average molecular weight is 316 g/mol. The second-order valence-electron chi connectivity index (χ2n) is 5.99. The zero-order valence-corrected chi connectivity index (χ0v) is 13.0. The van der Waals surface area contributed by atoms with Gasteiger partial charge in [0.05, 0.1) is 6.20 Å². The van der Waals surface area contributed by atoms with E-state index < -0.39 is 0 Å². The SMILES string of the molecule is O=C(CCc1cn[nH]c1)NC[C@@H]1CCN(c2ccc(F)cc2)C1. The second kappa shape index (κ2) is 7.26. The minimum absolute atomic E-state index is 0.0754. The molecule has 0 unspecified atom stereocenters. The van der Waals surface area contributed by atoms with Gasteiger partial charge in [0, 0.05) is 37.9 Å². The fraction of sp³-hybridized carbons (Fsp3) is 0.412. The van der Waals surface area contributed by atoms with Crippen molar-refractivity contribution in [3.05, 3.63) is 48.0 Å². The van der Waals surface area contributed by atoms with Crippen molar-refractivity contribution in [1.82, 2.24) is 15.5 Å². The lowest BCUT2D eigenvalue weighted by molar-refractivity contribution is -0.121. The number of aryl methyl sites for hydroxylation is 1. The van der Waals surface area contributed by atoms with Gasteiger partial charge in [-0.1, -0.05) is 0 Å². The molecule has 1 amide bonds. The van der Waals surface area contributed by atoms with E-state index in [1.54, 1.807) is 18.3 Å². The van der Waals surface area contributed by atoms with E-state index in [1.807, 2.05) is 6.20 Å². The van der Waals surface area contributed by atoms with Crippen molar-refractivity contribution in [1.29, 1.82) is 0 Å². The Morgan fingerprint density at radius 1 is 1.39 bits per heavy atom. The maximum absolute atomic E-state index is 13.0. The Labute approximate surface area is 134 Å². The van der Waals surface area contributed by atoms with E-state index in [2.05, 4.69) is 20.4 Å². The number of hydrogen-bond donors (Lipinski definition) is 2. The number of hydrogen-bond acceptors (Lipinski definition) is 3. The Morgan fingerprint density at radius 2 is 2.22 bits per heavy atom. The van der Waals surface area contributed by atoms with Crippen LogP contribution in [-0.4, -0.2) is 35.7 Å². The number of amides is 1. The predicted octanol–water partition coefficient (Wildman–Crippen LogP) is 2.12. The normalized spacial score (nSPS) is 17.4. The zero-order valence-electron chi connectivity index (χ0n) is 13.0. The third-order valence-electron chi connectivity index (χ3n) is 4.26. The molecule has 23 heavy (non-hydrogen) atoms. The van der Waals surface area contributed by atoms with Crippen molar-refractivity contribution in [2.75, 3.05) is 24.5 Å². The highest BCUT2D eigenvalue weighted by Crippen LogP contribution is 2.23. The predicted molar refractivity (Wildman–Crippen MR) is 86.6 cm³/mol. The molecule has 6 heteroatoms. The number of aromatic amines is 1. The number of halogens is 1. The van der Waals surface area contributed by atoms with Crippen molar-refractivity contribution in [2.45, 2.75) is 19.3 Å². The van der Waals surface area contributed by atoms with Crippen LogP contribution >= 0.6 is 0 Å². The van der Waals surface area contributed by atoms with Gasteiger partial charge in [0.25, 0.3) is 0 Å². The Kier molecular flexibility index (Phi) is 4.90. The highest BCUT2D eigenvalue weighted by atomic mass is 19.1. The van der Waals surface area contributed by atoms with Crippen LogP contribution in [0.15, 0.2) is 36.7 Å². The molecule has 0 saturated carbocycles. The molecule has 1 atom stereocenters. The van der Waals surface area contributed by atoms with Gasteiger partial charge in [0.1, 0.15) is 5.82 Å². The zero-order chi connectivity index (χ0) is 16.1. The van der Waals surface area contributed by atoms with E-state index in [9.17, 15) is 9.18 Å². The van der Waals surface area contributed by atoms with Crippen molar-refractivity contribution in [3.8, 4) is 0 Å². The summed E-state index contributed by atoms with van der Waals surface area (Å²) in [4.78, 5) is 14.1. The Hall–Kier alpha value is -2.37. The molecule has 0 spiro atoms. The van der Waals surface area contributed by atoms with E-state index in [-0.39, 0.29) is 11.7 Å². The smallest absolute Gasteiger partial charge is 0.220 e. The van der Waals surface area contributed by atoms with Crippen LogP contribution in [0.3, 0.4) is 0 Å². The van der Waals surface area contributed by atoms with Gasteiger partial charge >= 0.3 is 0 Å². The highest BCUT2D eigenvalue weighted by Gasteiger charge is 2.23. The van der Waals surface area contributed by atoms with Crippen LogP contribution in [0.25, 0.3) is 0 Å². The summed E-state index contributed by atoms with van der Waals surface area (Å²) in [5.41, 5.74) is 2.09. The van der Waals surface area contributed by atoms with Crippen LogP contribution in [0.5, 0.6) is 0 Å². The van der Waals surface area contributed by atoms with Gasteiger partial charge in [-0.3, -0.25) is 9.89 Å². The third kappa shape index (κ3) is 4.31. The summed E-state index contributed by atoms with van der Waals surface area (Å²) in [6.07, 6.45) is 5.78. The number of carbonyl (C=O) groups is 1. The Bertz CT molecular complexity index is 627. The summed E-state index contributed by atoms with van der Waals surface area (Å²) >= 11 is 0. The van der Waals surface area contributed by atoms with Crippen LogP contribution in [0.2, 0.25) is 0 Å². The molecule has 0 aliphatic carbocycles. The van der Waals surface area contributed by atoms with E-state index in [1.165, 1.54) is 12.1 Å². The van der Waals surface area contributed by atoms with Crippen LogP contribution in [0.1, 0.15) is 18.4 Å². The number of anilines is 1. The molecule has 1 saturated heterocycles. The summed E-state index contributed by atoms with van der Waals surface area (Å²) in [6.45, 7) is 2.54. The average Bonchev–Trinajstić information content (AvgIpc) is 3.23. The van der Waals surface area contributed by atoms with E-state index in [0.29, 0.717) is 25.3 Å². The van der Waals surface area contributed by atoms with Crippen LogP contribution in [0, 0.1) is 11.7 Å². The molecule has 3 rings (SSSR count). The lowest BCUT2D eigenvalue weighted by atomic mass is 10.1. The van der Waals surface area contributed by atoms with Crippen LogP contribution < -0.4 is 10.2 Å². The highest BCUT2D eigenvalue weighted by molar-refractivity contribution is 5.76. The van der Waals surface area contributed by atoms with Gasteiger partial charge < -0.3 is 10.2 Å². The Morgan fingerprint density at radius 3 is 2.96 bits per heavy atom. The first-order valence-corrected chi connectivity index (χ1v) is 7.95. The number of aromatic nitrogens is 2. The molecule has 1 aromatic carbocycles. The quantitative estimate of drug-likeness (QED) is 0.858. The third-order valence-corrected chi connectivity index (χ3v) is 4.26. The van der Waals surface area contributed by atoms with Crippen molar-refractivity contribution >= 4 is 11.6 Å². The molecule has 2 heterocycles. The fourth-order valence-electron chi connectivity index (χ4n) is 2.90. The van der Waals surface area contributed by atoms with E-state index >= 15 is 0 Å². The maximum atomic E-state index is 13.0. The van der Waals surface area contributed by atoms with Gasteiger partial charge in [0.15, 0.2) is 0 Å². The number of nitrogens with one attached hydrogen (secondary N) is 2. The van der Waals surface area contributed by atoms with E-state index in [4.69, 9.17) is 0 Å².